The quantitative estimate of drug-likeness (QED) is 0.522. The zero-order valence-corrected chi connectivity index (χ0v) is 19.1. The molecule has 0 N–H and O–H groups in total. The second kappa shape index (κ2) is 9.01. The van der Waals surface area contributed by atoms with Crippen molar-refractivity contribution in [2.24, 2.45) is 0 Å². The van der Waals surface area contributed by atoms with Crippen LogP contribution in [0.1, 0.15) is 22.7 Å². The van der Waals surface area contributed by atoms with Gasteiger partial charge in [-0.1, -0.05) is 23.7 Å². The van der Waals surface area contributed by atoms with E-state index in [4.69, 9.17) is 30.5 Å². The van der Waals surface area contributed by atoms with Crippen LogP contribution in [0.5, 0.6) is 23.0 Å². The van der Waals surface area contributed by atoms with E-state index in [2.05, 4.69) is 0 Å². The first-order chi connectivity index (χ1) is 15.5. The average molecular weight is 454 g/mol. The lowest BCUT2D eigenvalue weighted by molar-refractivity contribution is -0.118. The number of amides is 1. The molecule has 0 bridgehead atoms. The van der Waals surface area contributed by atoms with E-state index in [1.165, 1.54) is 0 Å². The molecular formula is C25H24ClNO5. The third-order valence-corrected chi connectivity index (χ3v) is 5.85. The molecule has 0 radical (unpaired) electrons. The SMILES string of the molecule is COc1ccc(C2c3cc(OC)c(OC)cc3CC(=O)N2c2cccc(Cl)c2)cc1OC. The molecule has 1 aliphatic rings. The smallest absolute Gasteiger partial charge is 0.232 e. The number of ether oxygens (including phenoxy) is 4. The van der Waals surface area contributed by atoms with E-state index in [0.717, 1.165) is 16.7 Å². The molecule has 0 spiro atoms. The summed E-state index contributed by atoms with van der Waals surface area (Å²) in [7, 11) is 6.36. The van der Waals surface area contributed by atoms with Crippen LogP contribution in [0, 0.1) is 0 Å². The summed E-state index contributed by atoms with van der Waals surface area (Å²) in [6, 6.07) is 16.3. The maximum Gasteiger partial charge on any atom is 0.232 e. The maximum absolute atomic E-state index is 13.4. The van der Waals surface area contributed by atoms with Gasteiger partial charge in [-0.05, 0) is 59.2 Å². The normalized spacial score (nSPS) is 15.2. The minimum absolute atomic E-state index is 0.0493. The lowest BCUT2D eigenvalue weighted by Crippen LogP contribution is -2.41. The number of hydrogen-bond acceptors (Lipinski definition) is 5. The molecule has 1 aliphatic heterocycles. The number of nitrogens with zero attached hydrogens (tertiary/aromatic N) is 1. The van der Waals surface area contributed by atoms with E-state index in [-0.39, 0.29) is 12.3 Å². The van der Waals surface area contributed by atoms with Crippen LogP contribution in [0.15, 0.2) is 54.6 Å². The van der Waals surface area contributed by atoms with Gasteiger partial charge >= 0.3 is 0 Å². The molecule has 166 valence electrons. The van der Waals surface area contributed by atoms with E-state index in [1.54, 1.807) is 45.5 Å². The lowest BCUT2D eigenvalue weighted by Gasteiger charge is -2.38. The summed E-state index contributed by atoms with van der Waals surface area (Å²) in [6.07, 6.45) is 0.228. The third kappa shape index (κ3) is 3.82. The van der Waals surface area contributed by atoms with E-state index < -0.39 is 6.04 Å². The summed E-state index contributed by atoms with van der Waals surface area (Å²) in [6.45, 7) is 0. The number of halogens is 1. The Morgan fingerprint density at radius 3 is 2.12 bits per heavy atom. The molecule has 0 aliphatic carbocycles. The number of hydrogen-bond donors (Lipinski definition) is 0. The molecule has 1 atom stereocenters. The first-order valence-electron chi connectivity index (χ1n) is 10.0. The molecule has 0 saturated heterocycles. The fourth-order valence-corrected chi connectivity index (χ4v) is 4.33. The molecule has 1 heterocycles. The van der Waals surface area contributed by atoms with Crippen molar-refractivity contribution in [3.8, 4) is 23.0 Å². The van der Waals surface area contributed by atoms with Gasteiger partial charge in [0.05, 0.1) is 40.9 Å². The van der Waals surface area contributed by atoms with Crippen molar-refractivity contribution in [3.05, 3.63) is 76.3 Å². The fraction of sp³-hybridized carbons (Fsp3) is 0.240. The zero-order valence-electron chi connectivity index (χ0n) is 18.3. The summed E-state index contributed by atoms with van der Waals surface area (Å²) >= 11 is 6.27. The Morgan fingerprint density at radius 1 is 0.812 bits per heavy atom. The van der Waals surface area contributed by atoms with Gasteiger partial charge in [0.2, 0.25) is 5.91 Å². The molecule has 0 aromatic heterocycles. The third-order valence-electron chi connectivity index (χ3n) is 5.62. The van der Waals surface area contributed by atoms with Gasteiger partial charge in [-0.3, -0.25) is 4.79 Å². The minimum atomic E-state index is -0.427. The lowest BCUT2D eigenvalue weighted by atomic mass is 9.86. The van der Waals surface area contributed by atoms with Crippen molar-refractivity contribution in [1.29, 1.82) is 0 Å². The van der Waals surface area contributed by atoms with Gasteiger partial charge in [-0.25, -0.2) is 0 Å². The molecule has 0 saturated carbocycles. The average Bonchev–Trinajstić information content (AvgIpc) is 2.81. The zero-order chi connectivity index (χ0) is 22.8. The summed E-state index contributed by atoms with van der Waals surface area (Å²) in [5.41, 5.74) is 3.40. The van der Waals surface area contributed by atoms with Crippen molar-refractivity contribution in [2.75, 3.05) is 33.3 Å². The fourth-order valence-electron chi connectivity index (χ4n) is 4.15. The van der Waals surface area contributed by atoms with E-state index >= 15 is 0 Å². The Kier molecular flexibility index (Phi) is 6.15. The Balaban J connectivity index is 1.97. The number of carbonyl (C=O) groups excluding carboxylic acids is 1. The highest BCUT2D eigenvalue weighted by atomic mass is 35.5. The van der Waals surface area contributed by atoms with E-state index in [1.807, 2.05) is 42.5 Å². The van der Waals surface area contributed by atoms with Crippen LogP contribution < -0.4 is 23.8 Å². The summed E-state index contributed by atoms with van der Waals surface area (Å²) in [5, 5.41) is 0.555. The van der Waals surface area contributed by atoms with Crippen LogP contribution in [-0.4, -0.2) is 34.3 Å². The van der Waals surface area contributed by atoms with Crippen molar-refractivity contribution in [1.82, 2.24) is 0 Å². The highest BCUT2D eigenvalue weighted by Crippen LogP contribution is 2.45. The van der Waals surface area contributed by atoms with Gasteiger partial charge in [-0.2, -0.15) is 0 Å². The summed E-state index contributed by atoms with van der Waals surface area (Å²) in [4.78, 5) is 15.2. The van der Waals surface area contributed by atoms with Crippen LogP contribution in [0.3, 0.4) is 0 Å². The highest BCUT2D eigenvalue weighted by molar-refractivity contribution is 6.31. The largest absolute Gasteiger partial charge is 0.493 e. The van der Waals surface area contributed by atoms with Crippen LogP contribution in [0.4, 0.5) is 5.69 Å². The molecule has 4 rings (SSSR count). The van der Waals surface area contributed by atoms with Crippen molar-refractivity contribution in [3.63, 3.8) is 0 Å². The van der Waals surface area contributed by atoms with Gasteiger partial charge in [0.15, 0.2) is 23.0 Å². The van der Waals surface area contributed by atoms with Crippen LogP contribution in [0.25, 0.3) is 0 Å². The number of fused-ring (bicyclic) bond motifs is 1. The van der Waals surface area contributed by atoms with Gasteiger partial charge in [-0.15, -0.1) is 0 Å². The van der Waals surface area contributed by atoms with Crippen LogP contribution in [0.2, 0.25) is 5.02 Å². The van der Waals surface area contributed by atoms with E-state index in [0.29, 0.717) is 33.7 Å². The van der Waals surface area contributed by atoms with Crippen LogP contribution in [-0.2, 0) is 11.2 Å². The Bertz CT molecular complexity index is 1160. The van der Waals surface area contributed by atoms with Gasteiger partial charge in [0, 0.05) is 10.7 Å². The predicted molar refractivity (Wildman–Crippen MR) is 124 cm³/mol. The monoisotopic (exact) mass is 453 g/mol. The van der Waals surface area contributed by atoms with Gasteiger partial charge in [0.1, 0.15) is 0 Å². The molecule has 3 aromatic carbocycles. The highest BCUT2D eigenvalue weighted by Gasteiger charge is 2.36. The number of anilines is 1. The first kappa shape index (κ1) is 21.8. The van der Waals surface area contributed by atoms with Crippen molar-refractivity contribution < 1.29 is 23.7 Å². The van der Waals surface area contributed by atoms with E-state index in [9.17, 15) is 4.79 Å². The van der Waals surface area contributed by atoms with Gasteiger partial charge in [0.25, 0.3) is 0 Å². The summed E-state index contributed by atoms with van der Waals surface area (Å²) in [5.74, 6) is 2.32. The second-order valence-corrected chi connectivity index (χ2v) is 7.78. The molecule has 1 unspecified atom stereocenters. The Morgan fingerprint density at radius 2 is 1.47 bits per heavy atom. The number of benzene rings is 3. The molecule has 0 fully saturated rings. The molecular weight excluding hydrogens is 430 g/mol. The minimum Gasteiger partial charge on any atom is -0.493 e. The molecule has 7 heteroatoms. The van der Waals surface area contributed by atoms with Crippen LogP contribution >= 0.6 is 11.6 Å². The Labute approximate surface area is 192 Å². The molecule has 3 aromatic rings. The molecule has 32 heavy (non-hydrogen) atoms. The van der Waals surface area contributed by atoms with Crippen molar-refractivity contribution >= 4 is 23.2 Å². The van der Waals surface area contributed by atoms with Crippen molar-refractivity contribution in [2.45, 2.75) is 12.5 Å². The number of carbonyl (C=O) groups is 1. The second-order valence-electron chi connectivity index (χ2n) is 7.34. The van der Waals surface area contributed by atoms with Gasteiger partial charge < -0.3 is 23.8 Å². The standard InChI is InChI=1S/C25H24ClNO5/c1-29-20-9-8-15(10-21(20)30-2)25-19-14-23(32-4)22(31-3)11-16(19)12-24(28)27(25)18-7-5-6-17(26)13-18/h5-11,13-14,25H,12H2,1-4H3. The maximum atomic E-state index is 13.4. The molecule has 6 nitrogen and oxygen atoms in total. The summed E-state index contributed by atoms with van der Waals surface area (Å²) < 4.78 is 22.0. The first-order valence-corrected chi connectivity index (χ1v) is 10.4. The number of methoxy groups -OCH3 is 4. The predicted octanol–water partition coefficient (Wildman–Crippen LogP) is 5.05. The topological polar surface area (TPSA) is 57.2 Å². The number of rotatable bonds is 6. The molecule has 1 amide bonds. The Hall–Kier alpha value is -3.38.